The van der Waals surface area contributed by atoms with E-state index in [9.17, 15) is 4.79 Å². The second-order valence-electron chi connectivity index (χ2n) is 5.81. The van der Waals surface area contributed by atoms with E-state index in [0.29, 0.717) is 0 Å². The van der Waals surface area contributed by atoms with E-state index in [1.54, 1.807) is 0 Å². The van der Waals surface area contributed by atoms with Crippen molar-refractivity contribution in [3.63, 3.8) is 0 Å². The zero-order valence-corrected chi connectivity index (χ0v) is 13.6. The Kier molecular flexibility index (Phi) is 6.67. The molecule has 0 aliphatic heterocycles. The molecule has 0 aliphatic carbocycles. The largest absolute Gasteiger partial charge is 0.506 e. The van der Waals surface area contributed by atoms with Crippen LogP contribution in [-0.4, -0.2) is 11.3 Å². The highest BCUT2D eigenvalue weighted by molar-refractivity contribution is 5.57. The summed E-state index contributed by atoms with van der Waals surface area (Å²) in [6.07, 6.45) is 3.35. The Morgan fingerprint density at radius 3 is 2.39 bits per heavy atom. The number of rotatable bonds is 8. The van der Waals surface area contributed by atoms with Crippen LogP contribution in [0.25, 0.3) is 0 Å². The van der Waals surface area contributed by atoms with Crippen molar-refractivity contribution in [2.24, 2.45) is 0 Å². The van der Waals surface area contributed by atoms with Crippen molar-refractivity contribution >= 4 is 6.16 Å². The van der Waals surface area contributed by atoms with Crippen molar-refractivity contribution in [3.8, 4) is 0 Å². The summed E-state index contributed by atoms with van der Waals surface area (Å²) in [6.45, 7) is 1.99. The molecule has 0 spiro atoms. The van der Waals surface area contributed by atoms with Gasteiger partial charge in [-0.1, -0.05) is 61.0 Å². The van der Waals surface area contributed by atoms with Crippen molar-refractivity contribution in [2.75, 3.05) is 0 Å². The van der Waals surface area contributed by atoms with Crippen LogP contribution in [0, 0.1) is 6.92 Å². The topological polar surface area (TPSA) is 46.5 Å². The minimum absolute atomic E-state index is 0.370. The zero-order valence-electron chi connectivity index (χ0n) is 13.6. The lowest BCUT2D eigenvalue weighted by atomic mass is 9.98. The molecule has 3 heteroatoms. The minimum atomic E-state index is -1.21. The zero-order chi connectivity index (χ0) is 16.5. The van der Waals surface area contributed by atoms with Crippen LogP contribution in [0.5, 0.6) is 0 Å². The third-order valence-electron chi connectivity index (χ3n) is 4.05. The molecule has 2 aromatic carbocycles. The van der Waals surface area contributed by atoms with E-state index < -0.39 is 6.16 Å². The van der Waals surface area contributed by atoms with E-state index in [2.05, 4.69) is 24.3 Å². The van der Waals surface area contributed by atoms with Gasteiger partial charge in [-0.25, -0.2) is 4.79 Å². The molecule has 0 bridgehead atoms. The standard InChI is InChI=1S/C20H24O3/c1-16-10-8-9-14-18(16)19(23-20(21)22)15-7-3-6-13-17-11-4-2-5-12-17/h2,4-5,8-12,14,19H,3,6-7,13,15H2,1H3,(H,21,22). The van der Waals surface area contributed by atoms with Crippen molar-refractivity contribution < 1.29 is 14.6 Å². The van der Waals surface area contributed by atoms with Gasteiger partial charge in [0.15, 0.2) is 0 Å². The van der Waals surface area contributed by atoms with E-state index in [4.69, 9.17) is 9.84 Å². The molecule has 2 aromatic rings. The molecular weight excluding hydrogens is 288 g/mol. The molecule has 0 heterocycles. The maximum absolute atomic E-state index is 10.9. The Bertz CT molecular complexity index is 607. The summed E-state index contributed by atoms with van der Waals surface area (Å²) in [4.78, 5) is 10.9. The van der Waals surface area contributed by atoms with Crippen LogP contribution < -0.4 is 0 Å². The highest BCUT2D eigenvalue weighted by Crippen LogP contribution is 2.27. The van der Waals surface area contributed by atoms with E-state index in [1.807, 2.05) is 37.3 Å². The number of benzene rings is 2. The number of aryl methyl sites for hydroxylation is 2. The molecule has 0 saturated heterocycles. The summed E-state index contributed by atoms with van der Waals surface area (Å²) in [5.74, 6) is 0. The summed E-state index contributed by atoms with van der Waals surface area (Å²) in [5, 5.41) is 8.97. The highest BCUT2D eigenvalue weighted by atomic mass is 16.7. The second kappa shape index (κ2) is 8.99. The lowest BCUT2D eigenvalue weighted by Crippen LogP contribution is -2.10. The fraction of sp³-hybridized carbons (Fsp3) is 0.350. The summed E-state index contributed by atoms with van der Waals surface area (Å²) in [5.41, 5.74) is 3.39. The lowest BCUT2D eigenvalue weighted by Gasteiger charge is -2.18. The van der Waals surface area contributed by atoms with Gasteiger partial charge in [0, 0.05) is 0 Å². The molecule has 0 aliphatic rings. The smallest absolute Gasteiger partial charge is 0.450 e. The quantitative estimate of drug-likeness (QED) is 0.514. The van der Waals surface area contributed by atoms with Gasteiger partial charge in [-0.15, -0.1) is 0 Å². The van der Waals surface area contributed by atoms with Crippen LogP contribution in [0.4, 0.5) is 4.79 Å². The lowest BCUT2D eigenvalue weighted by molar-refractivity contribution is 0.0462. The fourth-order valence-electron chi connectivity index (χ4n) is 2.83. The summed E-state index contributed by atoms with van der Waals surface area (Å²) in [6, 6.07) is 18.3. The van der Waals surface area contributed by atoms with Gasteiger partial charge in [0.25, 0.3) is 0 Å². The first kappa shape index (κ1) is 17.1. The molecule has 1 unspecified atom stereocenters. The van der Waals surface area contributed by atoms with Gasteiger partial charge >= 0.3 is 6.16 Å². The van der Waals surface area contributed by atoms with E-state index >= 15 is 0 Å². The third kappa shape index (κ3) is 5.78. The van der Waals surface area contributed by atoms with E-state index in [-0.39, 0.29) is 6.10 Å². The number of unbranched alkanes of at least 4 members (excludes halogenated alkanes) is 2. The Hall–Kier alpha value is -2.29. The van der Waals surface area contributed by atoms with Gasteiger partial charge in [-0.3, -0.25) is 0 Å². The molecule has 0 amide bonds. The van der Waals surface area contributed by atoms with E-state index in [0.717, 1.165) is 43.2 Å². The molecule has 3 nitrogen and oxygen atoms in total. The predicted octanol–water partition coefficient (Wildman–Crippen LogP) is 5.53. The summed E-state index contributed by atoms with van der Waals surface area (Å²) >= 11 is 0. The van der Waals surface area contributed by atoms with Gasteiger partial charge in [0.1, 0.15) is 6.10 Å². The number of hydrogen-bond acceptors (Lipinski definition) is 2. The van der Waals surface area contributed by atoms with Crippen LogP contribution in [0.2, 0.25) is 0 Å². The minimum Gasteiger partial charge on any atom is -0.450 e. The Morgan fingerprint density at radius 1 is 1.00 bits per heavy atom. The van der Waals surface area contributed by atoms with Gasteiger partial charge in [-0.05, 0) is 49.3 Å². The van der Waals surface area contributed by atoms with Crippen molar-refractivity contribution in [3.05, 3.63) is 71.3 Å². The van der Waals surface area contributed by atoms with Crippen molar-refractivity contribution in [1.82, 2.24) is 0 Å². The monoisotopic (exact) mass is 312 g/mol. The molecular formula is C20H24O3. The van der Waals surface area contributed by atoms with Crippen LogP contribution >= 0.6 is 0 Å². The number of hydrogen-bond donors (Lipinski definition) is 1. The van der Waals surface area contributed by atoms with Crippen molar-refractivity contribution in [2.45, 2.75) is 45.1 Å². The SMILES string of the molecule is Cc1ccccc1C(CCCCCc1ccccc1)OC(=O)O. The Morgan fingerprint density at radius 2 is 1.70 bits per heavy atom. The first-order valence-electron chi connectivity index (χ1n) is 8.16. The fourth-order valence-corrected chi connectivity index (χ4v) is 2.83. The molecule has 0 aromatic heterocycles. The molecule has 0 fully saturated rings. The Balaban J connectivity index is 1.82. The molecule has 0 radical (unpaired) electrons. The predicted molar refractivity (Wildman–Crippen MR) is 91.6 cm³/mol. The maximum Gasteiger partial charge on any atom is 0.506 e. The Labute approximate surface area is 137 Å². The number of carbonyl (C=O) groups is 1. The molecule has 2 rings (SSSR count). The number of carboxylic acid groups (broad SMARTS) is 1. The second-order valence-corrected chi connectivity index (χ2v) is 5.81. The third-order valence-corrected chi connectivity index (χ3v) is 4.05. The van der Waals surface area contributed by atoms with Crippen LogP contribution in [0.3, 0.4) is 0 Å². The first-order valence-corrected chi connectivity index (χ1v) is 8.16. The molecule has 23 heavy (non-hydrogen) atoms. The van der Waals surface area contributed by atoms with Crippen LogP contribution in [-0.2, 0) is 11.2 Å². The van der Waals surface area contributed by atoms with Gasteiger partial charge < -0.3 is 9.84 Å². The van der Waals surface area contributed by atoms with Gasteiger partial charge in [0.2, 0.25) is 0 Å². The molecule has 1 N–H and O–H groups in total. The average Bonchev–Trinajstić information content (AvgIpc) is 2.54. The molecule has 1 atom stereocenters. The molecule has 122 valence electrons. The summed E-state index contributed by atoms with van der Waals surface area (Å²) < 4.78 is 5.10. The molecule has 0 saturated carbocycles. The van der Waals surface area contributed by atoms with Gasteiger partial charge in [0.05, 0.1) is 0 Å². The average molecular weight is 312 g/mol. The highest BCUT2D eigenvalue weighted by Gasteiger charge is 2.17. The van der Waals surface area contributed by atoms with E-state index in [1.165, 1.54) is 5.56 Å². The summed E-state index contributed by atoms with van der Waals surface area (Å²) in [7, 11) is 0. The normalized spacial score (nSPS) is 11.9. The number of ether oxygens (including phenoxy) is 1. The van der Waals surface area contributed by atoms with Crippen LogP contribution in [0.1, 0.15) is 48.5 Å². The first-order chi connectivity index (χ1) is 11.2. The van der Waals surface area contributed by atoms with Gasteiger partial charge in [-0.2, -0.15) is 0 Å². The maximum atomic E-state index is 10.9. The van der Waals surface area contributed by atoms with Crippen LogP contribution in [0.15, 0.2) is 54.6 Å². The van der Waals surface area contributed by atoms with Crippen molar-refractivity contribution in [1.29, 1.82) is 0 Å².